The largest absolute Gasteiger partial charge is 0.369 e. The van der Waals surface area contributed by atoms with E-state index in [0.717, 1.165) is 12.4 Å². The Labute approximate surface area is 77.8 Å². The molecule has 1 heterocycles. The van der Waals surface area contributed by atoms with Crippen molar-refractivity contribution in [1.29, 1.82) is 0 Å². The van der Waals surface area contributed by atoms with E-state index in [2.05, 4.69) is 23.5 Å². The van der Waals surface area contributed by atoms with E-state index >= 15 is 0 Å². The van der Waals surface area contributed by atoms with E-state index in [4.69, 9.17) is 0 Å². The van der Waals surface area contributed by atoms with Crippen molar-refractivity contribution in [2.45, 2.75) is 12.2 Å². The molecular formula is C9H14N2S. The fourth-order valence-electron chi connectivity index (χ4n) is 0.799. The normalized spacial score (nSPS) is 12.5. The number of rotatable bonds is 4. The van der Waals surface area contributed by atoms with Gasteiger partial charge in [-0.05, 0) is 18.4 Å². The molecule has 0 aliphatic carbocycles. The van der Waals surface area contributed by atoms with Gasteiger partial charge in [-0.3, -0.25) is 0 Å². The zero-order valence-electron chi connectivity index (χ0n) is 7.45. The Kier molecular flexibility index (Phi) is 3.94. The zero-order valence-corrected chi connectivity index (χ0v) is 8.27. The molecule has 1 aromatic heterocycles. The van der Waals surface area contributed by atoms with Crippen molar-refractivity contribution in [3.8, 4) is 0 Å². The SMILES string of the molecule is CSC(C)CNc1ccccn1. The van der Waals surface area contributed by atoms with Crippen molar-refractivity contribution in [2.75, 3.05) is 18.1 Å². The predicted octanol–water partition coefficient (Wildman–Crippen LogP) is 2.25. The highest BCUT2D eigenvalue weighted by Gasteiger charge is 1.97. The second-order valence-corrected chi connectivity index (χ2v) is 3.92. The zero-order chi connectivity index (χ0) is 8.81. The Morgan fingerprint density at radius 3 is 3.00 bits per heavy atom. The summed E-state index contributed by atoms with van der Waals surface area (Å²) < 4.78 is 0. The second-order valence-electron chi connectivity index (χ2n) is 2.64. The fourth-order valence-corrected chi connectivity index (χ4v) is 1.05. The third-order valence-corrected chi connectivity index (χ3v) is 2.61. The molecule has 0 fully saturated rings. The van der Waals surface area contributed by atoms with Crippen LogP contribution in [0.15, 0.2) is 24.4 Å². The summed E-state index contributed by atoms with van der Waals surface area (Å²) in [7, 11) is 0. The van der Waals surface area contributed by atoms with Crippen LogP contribution in [-0.4, -0.2) is 23.0 Å². The topological polar surface area (TPSA) is 24.9 Å². The van der Waals surface area contributed by atoms with Crippen molar-refractivity contribution in [2.24, 2.45) is 0 Å². The number of thioether (sulfide) groups is 1. The second kappa shape index (κ2) is 5.04. The van der Waals surface area contributed by atoms with E-state index in [0.29, 0.717) is 5.25 Å². The van der Waals surface area contributed by atoms with Gasteiger partial charge in [0.05, 0.1) is 0 Å². The molecule has 0 amide bonds. The number of hydrogen-bond acceptors (Lipinski definition) is 3. The van der Waals surface area contributed by atoms with Crippen LogP contribution >= 0.6 is 11.8 Å². The number of anilines is 1. The molecule has 0 bridgehead atoms. The molecule has 12 heavy (non-hydrogen) atoms. The summed E-state index contributed by atoms with van der Waals surface area (Å²) in [6.07, 6.45) is 3.91. The molecule has 1 unspecified atom stereocenters. The quantitative estimate of drug-likeness (QED) is 0.773. The van der Waals surface area contributed by atoms with Crippen LogP contribution in [0.25, 0.3) is 0 Å². The monoisotopic (exact) mass is 182 g/mol. The number of pyridine rings is 1. The molecule has 0 spiro atoms. The van der Waals surface area contributed by atoms with Gasteiger partial charge in [0.25, 0.3) is 0 Å². The Balaban J connectivity index is 2.33. The van der Waals surface area contributed by atoms with Gasteiger partial charge in [-0.25, -0.2) is 4.98 Å². The Bertz CT molecular complexity index is 213. The van der Waals surface area contributed by atoms with Crippen LogP contribution in [-0.2, 0) is 0 Å². The van der Waals surface area contributed by atoms with Gasteiger partial charge in [0.2, 0.25) is 0 Å². The van der Waals surface area contributed by atoms with Crippen LogP contribution in [0.3, 0.4) is 0 Å². The lowest BCUT2D eigenvalue weighted by molar-refractivity contribution is 0.992. The molecule has 1 rings (SSSR count). The summed E-state index contributed by atoms with van der Waals surface area (Å²) in [5, 5.41) is 3.89. The highest BCUT2D eigenvalue weighted by molar-refractivity contribution is 7.99. The van der Waals surface area contributed by atoms with Crippen molar-refractivity contribution in [3.05, 3.63) is 24.4 Å². The van der Waals surface area contributed by atoms with E-state index in [-0.39, 0.29) is 0 Å². The minimum atomic E-state index is 0.631. The average Bonchev–Trinajstić information content (AvgIpc) is 2.16. The number of hydrogen-bond donors (Lipinski definition) is 1. The summed E-state index contributed by atoms with van der Waals surface area (Å²) in [6.45, 7) is 3.17. The first-order chi connectivity index (χ1) is 5.83. The van der Waals surface area contributed by atoms with Crippen LogP contribution in [0, 0.1) is 0 Å². The molecule has 1 atom stereocenters. The van der Waals surface area contributed by atoms with Gasteiger partial charge in [-0.1, -0.05) is 13.0 Å². The molecule has 0 aliphatic heterocycles. The summed E-state index contributed by atoms with van der Waals surface area (Å²) in [5.74, 6) is 0.957. The van der Waals surface area contributed by atoms with Crippen molar-refractivity contribution < 1.29 is 0 Å². The first-order valence-corrected chi connectivity index (χ1v) is 5.29. The summed E-state index contributed by atoms with van der Waals surface area (Å²) in [5.41, 5.74) is 0. The molecule has 0 aliphatic rings. The van der Waals surface area contributed by atoms with Gasteiger partial charge < -0.3 is 5.32 Å². The molecule has 0 saturated carbocycles. The van der Waals surface area contributed by atoms with E-state index < -0.39 is 0 Å². The smallest absolute Gasteiger partial charge is 0.125 e. The number of nitrogens with zero attached hydrogens (tertiary/aromatic N) is 1. The van der Waals surface area contributed by atoms with Gasteiger partial charge in [-0.2, -0.15) is 11.8 Å². The van der Waals surface area contributed by atoms with E-state index in [1.54, 1.807) is 6.20 Å². The molecule has 2 nitrogen and oxygen atoms in total. The lowest BCUT2D eigenvalue weighted by Crippen LogP contribution is -2.13. The molecule has 3 heteroatoms. The van der Waals surface area contributed by atoms with E-state index in [1.807, 2.05) is 30.0 Å². The Morgan fingerprint density at radius 2 is 2.42 bits per heavy atom. The third kappa shape index (κ3) is 3.13. The summed E-state index contributed by atoms with van der Waals surface area (Å²) in [4.78, 5) is 4.16. The van der Waals surface area contributed by atoms with E-state index in [9.17, 15) is 0 Å². The first-order valence-electron chi connectivity index (χ1n) is 4.00. The van der Waals surface area contributed by atoms with Crippen LogP contribution < -0.4 is 5.32 Å². The van der Waals surface area contributed by atoms with Crippen LogP contribution in [0.5, 0.6) is 0 Å². The summed E-state index contributed by atoms with van der Waals surface area (Å²) >= 11 is 1.85. The lowest BCUT2D eigenvalue weighted by atomic mass is 10.4. The van der Waals surface area contributed by atoms with Gasteiger partial charge >= 0.3 is 0 Å². The van der Waals surface area contributed by atoms with Crippen LogP contribution in [0.2, 0.25) is 0 Å². The average molecular weight is 182 g/mol. The molecule has 66 valence electrons. The minimum Gasteiger partial charge on any atom is -0.369 e. The van der Waals surface area contributed by atoms with Gasteiger partial charge in [0.1, 0.15) is 5.82 Å². The molecule has 0 aromatic carbocycles. The molecular weight excluding hydrogens is 168 g/mol. The van der Waals surface area contributed by atoms with Crippen molar-refractivity contribution in [3.63, 3.8) is 0 Å². The molecule has 0 radical (unpaired) electrons. The lowest BCUT2D eigenvalue weighted by Gasteiger charge is -2.09. The number of nitrogens with one attached hydrogen (secondary N) is 1. The minimum absolute atomic E-state index is 0.631. The highest BCUT2D eigenvalue weighted by atomic mass is 32.2. The van der Waals surface area contributed by atoms with Gasteiger partial charge in [0, 0.05) is 18.0 Å². The van der Waals surface area contributed by atoms with E-state index in [1.165, 1.54) is 0 Å². The van der Waals surface area contributed by atoms with Crippen LogP contribution in [0.4, 0.5) is 5.82 Å². The first kappa shape index (κ1) is 9.39. The Hall–Kier alpha value is -0.700. The van der Waals surface area contributed by atoms with Crippen LogP contribution in [0.1, 0.15) is 6.92 Å². The molecule has 1 N–H and O–H groups in total. The maximum absolute atomic E-state index is 4.16. The number of aromatic nitrogens is 1. The van der Waals surface area contributed by atoms with Gasteiger partial charge in [-0.15, -0.1) is 0 Å². The third-order valence-electron chi connectivity index (χ3n) is 1.64. The summed E-state index contributed by atoms with van der Waals surface area (Å²) in [6, 6.07) is 5.88. The maximum atomic E-state index is 4.16. The van der Waals surface area contributed by atoms with Crippen molar-refractivity contribution in [1.82, 2.24) is 4.98 Å². The Morgan fingerprint density at radius 1 is 1.58 bits per heavy atom. The highest BCUT2D eigenvalue weighted by Crippen LogP contribution is 2.06. The fraction of sp³-hybridized carbons (Fsp3) is 0.444. The van der Waals surface area contributed by atoms with Gasteiger partial charge in [0.15, 0.2) is 0 Å². The molecule has 1 aromatic rings. The van der Waals surface area contributed by atoms with Crippen molar-refractivity contribution >= 4 is 17.6 Å². The predicted molar refractivity (Wildman–Crippen MR) is 55.7 cm³/mol. The maximum Gasteiger partial charge on any atom is 0.125 e. The standard InChI is InChI=1S/C9H14N2S/c1-8(12-2)7-11-9-5-3-4-6-10-9/h3-6,8H,7H2,1-2H3,(H,10,11). The molecule has 0 saturated heterocycles.